The van der Waals surface area contributed by atoms with E-state index in [1.165, 1.54) is 35.6 Å². The summed E-state index contributed by atoms with van der Waals surface area (Å²) in [5, 5.41) is 14.1. The van der Waals surface area contributed by atoms with E-state index in [1.54, 1.807) is 17.5 Å². The molecular formula is C15H14FNO3S. The van der Waals surface area contributed by atoms with Gasteiger partial charge in [0.05, 0.1) is 23.9 Å². The van der Waals surface area contributed by atoms with Crippen molar-refractivity contribution in [1.82, 2.24) is 5.32 Å². The molecule has 2 aromatic rings. The molecule has 0 radical (unpaired) electrons. The quantitative estimate of drug-likeness (QED) is 0.805. The molecule has 2 rings (SSSR count). The zero-order valence-corrected chi connectivity index (χ0v) is 11.9. The van der Waals surface area contributed by atoms with Gasteiger partial charge in [-0.05, 0) is 29.1 Å². The maximum absolute atomic E-state index is 13.0. The minimum absolute atomic E-state index is 0.116. The minimum atomic E-state index is -1.10. The number of amides is 1. The van der Waals surface area contributed by atoms with Gasteiger partial charge in [-0.15, -0.1) is 11.3 Å². The standard InChI is InChI=1S/C15H14FNO3S/c16-11-4-1-3-10(7-11)12(18)8-15(20)17-9-13(19)14-5-2-6-21-14/h1-7,12,18H,8-9H2,(H,17,20). The average molecular weight is 307 g/mol. The van der Waals surface area contributed by atoms with Gasteiger partial charge in [-0.3, -0.25) is 9.59 Å². The lowest BCUT2D eigenvalue weighted by molar-refractivity contribution is -0.122. The molecule has 1 aromatic heterocycles. The molecular weight excluding hydrogens is 293 g/mol. The predicted octanol–water partition coefficient (Wildman–Crippen LogP) is 2.31. The molecule has 6 heteroatoms. The third-order valence-corrected chi connectivity index (χ3v) is 3.77. The van der Waals surface area contributed by atoms with Crippen LogP contribution in [0.5, 0.6) is 0 Å². The molecule has 1 unspecified atom stereocenters. The molecule has 0 fully saturated rings. The van der Waals surface area contributed by atoms with E-state index in [1.807, 2.05) is 0 Å². The Hall–Kier alpha value is -2.05. The van der Waals surface area contributed by atoms with Crippen molar-refractivity contribution in [3.05, 3.63) is 58.0 Å². The number of benzene rings is 1. The summed E-state index contributed by atoms with van der Waals surface area (Å²) in [4.78, 5) is 23.9. The highest BCUT2D eigenvalue weighted by Crippen LogP contribution is 2.17. The third kappa shape index (κ3) is 4.47. The maximum Gasteiger partial charge on any atom is 0.223 e. The number of thiophene rings is 1. The lowest BCUT2D eigenvalue weighted by Gasteiger charge is -2.11. The normalized spacial score (nSPS) is 11.9. The molecule has 0 bridgehead atoms. The first-order valence-corrected chi connectivity index (χ1v) is 7.21. The van der Waals surface area contributed by atoms with Crippen LogP contribution in [0.2, 0.25) is 0 Å². The number of carbonyl (C=O) groups excluding carboxylic acids is 2. The van der Waals surface area contributed by atoms with Crippen molar-refractivity contribution < 1.29 is 19.1 Å². The van der Waals surface area contributed by atoms with Gasteiger partial charge >= 0.3 is 0 Å². The van der Waals surface area contributed by atoms with Crippen LogP contribution in [0.4, 0.5) is 4.39 Å². The SMILES string of the molecule is O=C(CC(O)c1cccc(F)c1)NCC(=O)c1cccs1. The van der Waals surface area contributed by atoms with Gasteiger partial charge in [0.25, 0.3) is 0 Å². The van der Waals surface area contributed by atoms with Crippen molar-refractivity contribution in [2.75, 3.05) is 6.54 Å². The Balaban J connectivity index is 1.83. The van der Waals surface area contributed by atoms with E-state index in [2.05, 4.69) is 5.32 Å². The maximum atomic E-state index is 13.0. The van der Waals surface area contributed by atoms with E-state index in [0.29, 0.717) is 10.4 Å². The topological polar surface area (TPSA) is 66.4 Å². The van der Waals surface area contributed by atoms with Crippen molar-refractivity contribution in [1.29, 1.82) is 0 Å². The van der Waals surface area contributed by atoms with Crippen LogP contribution in [0.25, 0.3) is 0 Å². The van der Waals surface area contributed by atoms with E-state index < -0.39 is 17.8 Å². The van der Waals surface area contributed by atoms with Crippen LogP contribution in [0.1, 0.15) is 27.8 Å². The fourth-order valence-corrected chi connectivity index (χ4v) is 2.45. The number of Topliss-reactive ketones (excluding diaryl/α,β-unsaturated/α-hetero) is 1. The molecule has 0 aliphatic carbocycles. The number of ketones is 1. The molecule has 1 heterocycles. The van der Waals surface area contributed by atoms with Crippen molar-refractivity contribution >= 4 is 23.0 Å². The highest BCUT2D eigenvalue weighted by atomic mass is 32.1. The van der Waals surface area contributed by atoms with E-state index >= 15 is 0 Å². The van der Waals surface area contributed by atoms with Gasteiger partial charge in [0.1, 0.15) is 5.82 Å². The van der Waals surface area contributed by atoms with Crippen LogP contribution >= 0.6 is 11.3 Å². The molecule has 110 valence electrons. The molecule has 4 nitrogen and oxygen atoms in total. The number of halogens is 1. The molecule has 0 saturated heterocycles. The Morgan fingerprint density at radius 2 is 2.10 bits per heavy atom. The van der Waals surface area contributed by atoms with Crippen molar-refractivity contribution in [3.63, 3.8) is 0 Å². The van der Waals surface area contributed by atoms with E-state index in [9.17, 15) is 19.1 Å². The largest absolute Gasteiger partial charge is 0.388 e. The van der Waals surface area contributed by atoms with Crippen LogP contribution in [-0.4, -0.2) is 23.3 Å². The summed E-state index contributed by atoms with van der Waals surface area (Å²) in [6.45, 7) is -0.116. The summed E-state index contributed by atoms with van der Waals surface area (Å²) < 4.78 is 13.0. The monoisotopic (exact) mass is 307 g/mol. The molecule has 21 heavy (non-hydrogen) atoms. The number of rotatable bonds is 6. The fourth-order valence-electron chi connectivity index (χ4n) is 1.78. The predicted molar refractivity (Wildman–Crippen MR) is 77.6 cm³/mol. The van der Waals surface area contributed by atoms with Crippen molar-refractivity contribution in [2.24, 2.45) is 0 Å². The summed E-state index contributed by atoms with van der Waals surface area (Å²) in [6.07, 6.45) is -1.32. The van der Waals surface area contributed by atoms with E-state index in [-0.39, 0.29) is 18.7 Å². The third-order valence-electron chi connectivity index (χ3n) is 2.85. The van der Waals surface area contributed by atoms with Gasteiger partial charge in [-0.2, -0.15) is 0 Å². The first kappa shape index (κ1) is 15.3. The first-order valence-electron chi connectivity index (χ1n) is 6.33. The first-order chi connectivity index (χ1) is 10.1. The van der Waals surface area contributed by atoms with Gasteiger partial charge in [0.15, 0.2) is 5.78 Å². The molecule has 0 saturated carbocycles. The Bertz CT molecular complexity index is 628. The van der Waals surface area contributed by atoms with Gasteiger partial charge in [0, 0.05) is 0 Å². The molecule has 1 amide bonds. The van der Waals surface area contributed by atoms with Crippen LogP contribution in [0.15, 0.2) is 41.8 Å². The molecule has 0 aliphatic rings. The Morgan fingerprint density at radius 1 is 1.29 bits per heavy atom. The van der Waals surface area contributed by atoms with Crippen LogP contribution in [0, 0.1) is 5.82 Å². The van der Waals surface area contributed by atoms with Crippen LogP contribution in [-0.2, 0) is 4.79 Å². The smallest absolute Gasteiger partial charge is 0.223 e. The Kier molecular flexibility index (Phi) is 5.19. The number of aliphatic hydroxyl groups excluding tert-OH is 1. The molecule has 0 aliphatic heterocycles. The highest BCUT2D eigenvalue weighted by Gasteiger charge is 2.15. The lowest BCUT2D eigenvalue weighted by Crippen LogP contribution is -2.30. The number of carbonyl (C=O) groups is 2. The van der Waals surface area contributed by atoms with Crippen molar-refractivity contribution in [2.45, 2.75) is 12.5 Å². The van der Waals surface area contributed by atoms with Gasteiger partial charge in [-0.1, -0.05) is 18.2 Å². The zero-order chi connectivity index (χ0) is 15.2. The summed E-state index contributed by atoms with van der Waals surface area (Å²) in [7, 11) is 0. The summed E-state index contributed by atoms with van der Waals surface area (Å²) in [5.74, 6) is -1.12. The second kappa shape index (κ2) is 7.10. The lowest BCUT2D eigenvalue weighted by atomic mass is 10.1. The van der Waals surface area contributed by atoms with E-state index in [4.69, 9.17) is 0 Å². The fraction of sp³-hybridized carbons (Fsp3) is 0.200. The molecule has 0 spiro atoms. The summed E-state index contributed by atoms with van der Waals surface area (Å²) in [5.41, 5.74) is 0.328. The number of aliphatic hydroxyl groups is 1. The molecule has 1 aromatic carbocycles. The van der Waals surface area contributed by atoms with Crippen LogP contribution in [0.3, 0.4) is 0 Å². The van der Waals surface area contributed by atoms with Crippen molar-refractivity contribution in [3.8, 4) is 0 Å². The average Bonchev–Trinajstić information content (AvgIpc) is 2.99. The van der Waals surface area contributed by atoms with Gasteiger partial charge in [-0.25, -0.2) is 4.39 Å². The molecule has 1 atom stereocenters. The number of hydrogen-bond donors (Lipinski definition) is 2. The Morgan fingerprint density at radius 3 is 2.76 bits per heavy atom. The second-order valence-corrected chi connectivity index (χ2v) is 5.40. The summed E-state index contributed by atoms with van der Waals surface area (Å²) in [6, 6.07) is 8.88. The number of nitrogens with one attached hydrogen (secondary N) is 1. The second-order valence-electron chi connectivity index (χ2n) is 4.45. The number of hydrogen-bond acceptors (Lipinski definition) is 4. The van der Waals surface area contributed by atoms with Gasteiger partial charge < -0.3 is 10.4 Å². The molecule has 2 N–H and O–H groups in total. The summed E-state index contributed by atoms with van der Waals surface area (Å²) >= 11 is 1.30. The van der Waals surface area contributed by atoms with E-state index in [0.717, 1.165) is 0 Å². The highest BCUT2D eigenvalue weighted by molar-refractivity contribution is 7.12. The zero-order valence-electron chi connectivity index (χ0n) is 11.1. The Labute approximate surface area is 125 Å². The van der Waals surface area contributed by atoms with Crippen LogP contribution < -0.4 is 5.32 Å². The van der Waals surface area contributed by atoms with Gasteiger partial charge in [0.2, 0.25) is 5.91 Å². The minimum Gasteiger partial charge on any atom is -0.388 e.